The average Bonchev–Trinajstić information content (AvgIpc) is 3.19. The van der Waals surface area contributed by atoms with Crippen molar-refractivity contribution >= 4 is 23.8 Å². The molecule has 11 heteroatoms. The number of carbonyl (C=O) groups excluding carboxylic acids is 2. The third-order valence-electron chi connectivity index (χ3n) is 5.98. The van der Waals surface area contributed by atoms with Gasteiger partial charge in [0.1, 0.15) is 11.7 Å². The summed E-state index contributed by atoms with van der Waals surface area (Å²) in [7, 11) is 2.07. The topological polar surface area (TPSA) is 165 Å². The van der Waals surface area contributed by atoms with Crippen LogP contribution in [0.1, 0.15) is 22.6 Å². The fourth-order valence-electron chi connectivity index (χ4n) is 3.89. The van der Waals surface area contributed by atoms with Gasteiger partial charge in [-0.2, -0.15) is 0 Å². The normalized spacial score (nSPS) is 18.8. The summed E-state index contributed by atoms with van der Waals surface area (Å²) in [5, 5.41) is 32.5. The number of benzene rings is 2. The first-order valence-electron chi connectivity index (χ1n) is 11.3. The maximum atomic E-state index is 12.6. The minimum atomic E-state index is -2.27. The van der Waals surface area contributed by atoms with Crippen molar-refractivity contribution in [1.82, 2.24) is 9.80 Å². The van der Waals surface area contributed by atoms with Gasteiger partial charge in [-0.3, -0.25) is 9.59 Å². The van der Waals surface area contributed by atoms with E-state index in [0.717, 1.165) is 42.9 Å². The largest absolute Gasteiger partial charge is 0.479 e. The second-order valence-corrected chi connectivity index (χ2v) is 8.56. The molecule has 3 atom stereocenters. The summed E-state index contributed by atoms with van der Waals surface area (Å²) >= 11 is 0. The highest BCUT2D eigenvalue weighted by Gasteiger charge is 2.35. The number of fused-ring (bicyclic) bond motifs is 1. The number of hydrogen-bond acceptors (Lipinski definition) is 8. The van der Waals surface area contributed by atoms with E-state index in [-0.39, 0.29) is 11.9 Å². The number of amides is 1. The number of likely N-dealkylation sites (N-methyl/N-ethyl adjacent to an activating group) is 1. The molecule has 2 aliphatic heterocycles. The van der Waals surface area contributed by atoms with Gasteiger partial charge in [-0.05, 0) is 24.2 Å². The Morgan fingerprint density at radius 3 is 2.08 bits per heavy atom. The molecule has 0 spiro atoms. The van der Waals surface area contributed by atoms with E-state index >= 15 is 0 Å². The quantitative estimate of drug-likeness (QED) is 0.312. The van der Waals surface area contributed by atoms with Crippen LogP contribution in [0, 0.1) is 0 Å². The molecule has 0 aromatic heterocycles. The lowest BCUT2D eigenvalue weighted by molar-refractivity contribution is -0.165. The van der Waals surface area contributed by atoms with Gasteiger partial charge in [-0.15, -0.1) is 0 Å². The number of aliphatic hydroxyl groups is 2. The minimum Gasteiger partial charge on any atom is -0.479 e. The van der Waals surface area contributed by atoms with Crippen LogP contribution in [0.2, 0.25) is 0 Å². The predicted octanol–water partition coefficient (Wildman–Crippen LogP) is -0.0686. The van der Waals surface area contributed by atoms with E-state index in [2.05, 4.69) is 11.9 Å². The number of aliphatic carboxylic acids is 2. The number of rotatable bonds is 6. The zero-order valence-electron chi connectivity index (χ0n) is 19.6. The fraction of sp³-hybridized carbons (Fsp3) is 0.360. The van der Waals surface area contributed by atoms with E-state index in [0.29, 0.717) is 12.2 Å². The van der Waals surface area contributed by atoms with Gasteiger partial charge in [0.25, 0.3) is 0 Å². The molecule has 192 valence electrons. The van der Waals surface area contributed by atoms with Crippen molar-refractivity contribution in [2.24, 2.45) is 0 Å². The van der Waals surface area contributed by atoms with E-state index in [4.69, 9.17) is 25.2 Å². The number of nitrogens with zero attached hydrogens (tertiary/aromatic N) is 2. The SMILES string of the molecule is CN1CCN(C(=O)Cc2ccc3c(c2)C(c2ccccc2)C(=O)O3)CC1.O=C(O)C(O)C(O)C(=O)O. The number of carbonyl (C=O) groups is 4. The first-order chi connectivity index (χ1) is 17.1. The maximum absolute atomic E-state index is 12.6. The Bertz CT molecular complexity index is 1100. The zero-order valence-corrected chi connectivity index (χ0v) is 19.6. The second kappa shape index (κ2) is 11.8. The lowest BCUT2D eigenvalue weighted by Gasteiger charge is -2.32. The van der Waals surface area contributed by atoms with E-state index < -0.39 is 30.1 Å². The molecule has 1 fully saturated rings. The third-order valence-corrected chi connectivity index (χ3v) is 5.98. The summed E-state index contributed by atoms with van der Waals surface area (Å²) in [4.78, 5) is 48.6. The Morgan fingerprint density at radius 1 is 0.944 bits per heavy atom. The maximum Gasteiger partial charge on any atom is 0.335 e. The lowest BCUT2D eigenvalue weighted by Crippen LogP contribution is -2.47. The van der Waals surface area contributed by atoms with Crippen LogP contribution in [0.3, 0.4) is 0 Å². The van der Waals surface area contributed by atoms with Crippen LogP contribution >= 0.6 is 0 Å². The van der Waals surface area contributed by atoms with Gasteiger partial charge in [-0.1, -0.05) is 42.5 Å². The van der Waals surface area contributed by atoms with Crippen molar-refractivity contribution in [3.8, 4) is 5.75 Å². The van der Waals surface area contributed by atoms with Crippen LogP contribution in [0.15, 0.2) is 48.5 Å². The third kappa shape index (κ3) is 6.45. The molecule has 2 heterocycles. The molecule has 0 aliphatic carbocycles. The van der Waals surface area contributed by atoms with Crippen LogP contribution in [0.5, 0.6) is 5.75 Å². The number of aliphatic hydroxyl groups excluding tert-OH is 2. The van der Waals surface area contributed by atoms with E-state index in [9.17, 15) is 19.2 Å². The molecule has 0 radical (unpaired) electrons. The Labute approximate surface area is 207 Å². The Kier molecular flexibility index (Phi) is 8.75. The summed E-state index contributed by atoms with van der Waals surface area (Å²) in [6.07, 6.45) is -4.18. The predicted molar refractivity (Wildman–Crippen MR) is 125 cm³/mol. The van der Waals surface area contributed by atoms with Gasteiger partial charge in [0, 0.05) is 31.7 Å². The van der Waals surface area contributed by atoms with Crippen LogP contribution < -0.4 is 4.74 Å². The number of hydrogen-bond donors (Lipinski definition) is 4. The molecule has 3 unspecified atom stereocenters. The minimum absolute atomic E-state index is 0.138. The standard InChI is InChI=1S/C21H22N2O3.C4H6O6/c1-22-9-11-23(12-10-22)19(24)14-15-7-8-18-17(13-15)20(21(25)26-18)16-5-3-2-4-6-16;5-1(3(7)8)2(6)4(9)10/h2-8,13,20H,9-12,14H2,1H3;1-2,5-6H,(H,7,8)(H,9,10). The summed E-state index contributed by atoms with van der Waals surface area (Å²) in [5.41, 5.74) is 2.69. The molecular formula is C25H28N2O9. The van der Waals surface area contributed by atoms with Crippen LogP contribution in [-0.2, 0) is 25.6 Å². The highest BCUT2D eigenvalue weighted by molar-refractivity contribution is 5.90. The van der Waals surface area contributed by atoms with Gasteiger partial charge >= 0.3 is 17.9 Å². The van der Waals surface area contributed by atoms with Crippen molar-refractivity contribution < 1.29 is 44.3 Å². The second-order valence-electron chi connectivity index (χ2n) is 8.56. The van der Waals surface area contributed by atoms with E-state index in [1.165, 1.54) is 0 Å². The Hall–Kier alpha value is -3.80. The summed E-state index contributed by atoms with van der Waals surface area (Å²) in [6, 6.07) is 15.3. The molecule has 4 N–H and O–H groups in total. The van der Waals surface area contributed by atoms with Crippen molar-refractivity contribution in [2.75, 3.05) is 33.2 Å². The molecule has 2 aliphatic rings. The first kappa shape index (κ1) is 26.8. The van der Waals surface area contributed by atoms with Gasteiger partial charge < -0.3 is 35.0 Å². The highest BCUT2D eigenvalue weighted by Crippen LogP contribution is 2.39. The van der Waals surface area contributed by atoms with E-state index in [1.807, 2.05) is 53.4 Å². The smallest absolute Gasteiger partial charge is 0.335 e. The monoisotopic (exact) mass is 500 g/mol. The average molecular weight is 501 g/mol. The van der Waals surface area contributed by atoms with Crippen LogP contribution in [0.4, 0.5) is 0 Å². The molecule has 0 saturated carbocycles. The number of piperazine rings is 1. The fourth-order valence-corrected chi connectivity index (χ4v) is 3.89. The number of ether oxygens (including phenoxy) is 1. The molecule has 2 aromatic carbocycles. The number of esters is 1. The van der Waals surface area contributed by atoms with Gasteiger partial charge in [0.15, 0.2) is 12.2 Å². The van der Waals surface area contributed by atoms with Gasteiger partial charge in [0.2, 0.25) is 5.91 Å². The van der Waals surface area contributed by atoms with Crippen molar-refractivity contribution in [2.45, 2.75) is 24.5 Å². The van der Waals surface area contributed by atoms with Crippen LogP contribution in [0.25, 0.3) is 0 Å². The van der Waals surface area contributed by atoms with E-state index in [1.54, 1.807) is 0 Å². The Balaban J connectivity index is 0.000000308. The summed E-state index contributed by atoms with van der Waals surface area (Å²) < 4.78 is 5.42. The zero-order chi connectivity index (χ0) is 26.4. The van der Waals surface area contributed by atoms with Gasteiger partial charge in [0.05, 0.1) is 6.42 Å². The lowest BCUT2D eigenvalue weighted by atomic mass is 9.91. The highest BCUT2D eigenvalue weighted by atomic mass is 16.5. The summed E-state index contributed by atoms with van der Waals surface area (Å²) in [6.45, 7) is 3.37. The number of carboxylic acid groups (broad SMARTS) is 2. The van der Waals surface area contributed by atoms with Crippen molar-refractivity contribution in [3.05, 3.63) is 65.2 Å². The van der Waals surface area contributed by atoms with Crippen molar-refractivity contribution in [3.63, 3.8) is 0 Å². The van der Waals surface area contributed by atoms with Gasteiger partial charge in [-0.25, -0.2) is 9.59 Å². The molecule has 11 nitrogen and oxygen atoms in total. The summed E-state index contributed by atoms with van der Waals surface area (Å²) in [5.74, 6) is -3.47. The number of carboxylic acids is 2. The Morgan fingerprint density at radius 2 is 1.53 bits per heavy atom. The molecule has 1 saturated heterocycles. The van der Waals surface area contributed by atoms with Crippen molar-refractivity contribution in [1.29, 1.82) is 0 Å². The molecule has 1 amide bonds. The molecule has 0 bridgehead atoms. The van der Waals surface area contributed by atoms with Crippen LogP contribution in [-0.4, -0.2) is 99.5 Å². The molecular weight excluding hydrogens is 472 g/mol. The first-order valence-corrected chi connectivity index (χ1v) is 11.3. The molecule has 36 heavy (non-hydrogen) atoms. The molecule has 2 aromatic rings. The molecule has 4 rings (SSSR count).